The molecule has 2 nitrogen and oxygen atoms in total. The number of carbonyl (C=O) groups excluding carboxylic acids is 1. The summed E-state index contributed by atoms with van der Waals surface area (Å²) in [5.41, 5.74) is 2.79. The van der Waals surface area contributed by atoms with Gasteiger partial charge in [-0.2, -0.15) is 0 Å². The Balaban J connectivity index is 2.20. The van der Waals surface area contributed by atoms with Gasteiger partial charge in [0, 0.05) is 19.2 Å². The number of halogens is 1. The first-order chi connectivity index (χ1) is 9.08. The lowest BCUT2D eigenvalue weighted by Crippen LogP contribution is -2.16. The van der Waals surface area contributed by atoms with Gasteiger partial charge >= 0.3 is 0 Å². The summed E-state index contributed by atoms with van der Waals surface area (Å²) in [5, 5.41) is 0.603. The zero-order valence-corrected chi connectivity index (χ0v) is 11.8. The molecule has 19 heavy (non-hydrogen) atoms. The van der Waals surface area contributed by atoms with E-state index in [1.165, 1.54) is 5.56 Å². The fourth-order valence-corrected chi connectivity index (χ4v) is 2.30. The lowest BCUT2D eigenvalue weighted by Gasteiger charge is -2.21. The molecule has 0 unspecified atom stereocenters. The SMILES string of the molecule is CC(=O)c1ccc(N(C)Cc2ccccc2)c(Cl)c1. The maximum Gasteiger partial charge on any atom is 0.159 e. The van der Waals surface area contributed by atoms with E-state index in [0.717, 1.165) is 12.2 Å². The van der Waals surface area contributed by atoms with Gasteiger partial charge in [0.25, 0.3) is 0 Å². The summed E-state index contributed by atoms with van der Waals surface area (Å²) in [6.07, 6.45) is 0. The Morgan fingerprint density at radius 1 is 1.16 bits per heavy atom. The second-order valence-electron chi connectivity index (χ2n) is 4.56. The monoisotopic (exact) mass is 273 g/mol. The highest BCUT2D eigenvalue weighted by Crippen LogP contribution is 2.27. The number of ketones is 1. The molecule has 0 atom stereocenters. The van der Waals surface area contributed by atoms with Gasteiger partial charge in [-0.1, -0.05) is 41.9 Å². The first-order valence-corrected chi connectivity index (χ1v) is 6.51. The number of Topliss-reactive ketones (excluding diaryl/α,β-unsaturated/α-hetero) is 1. The number of hydrogen-bond donors (Lipinski definition) is 0. The first-order valence-electron chi connectivity index (χ1n) is 6.13. The van der Waals surface area contributed by atoms with E-state index >= 15 is 0 Å². The minimum Gasteiger partial charge on any atom is -0.369 e. The lowest BCUT2D eigenvalue weighted by atomic mass is 10.1. The second kappa shape index (κ2) is 5.89. The molecule has 2 aromatic rings. The topological polar surface area (TPSA) is 20.3 Å². The summed E-state index contributed by atoms with van der Waals surface area (Å²) in [6.45, 7) is 2.32. The Kier molecular flexibility index (Phi) is 4.23. The van der Waals surface area contributed by atoms with Crippen molar-refractivity contribution < 1.29 is 4.79 Å². The molecule has 0 heterocycles. The Morgan fingerprint density at radius 2 is 1.84 bits per heavy atom. The van der Waals surface area contributed by atoms with Crippen molar-refractivity contribution in [1.29, 1.82) is 0 Å². The minimum absolute atomic E-state index is 0.0270. The maximum atomic E-state index is 11.3. The van der Waals surface area contributed by atoms with Gasteiger partial charge in [0.15, 0.2) is 5.78 Å². The maximum absolute atomic E-state index is 11.3. The molecule has 0 aromatic heterocycles. The summed E-state index contributed by atoms with van der Waals surface area (Å²) in [6, 6.07) is 15.6. The molecule has 0 N–H and O–H groups in total. The molecular formula is C16H16ClNO. The van der Waals surface area contributed by atoms with Crippen molar-refractivity contribution in [1.82, 2.24) is 0 Å². The van der Waals surface area contributed by atoms with Crippen LogP contribution in [0.4, 0.5) is 5.69 Å². The van der Waals surface area contributed by atoms with Crippen LogP contribution in [0.2, 0.25) is 5.02 Å². The zero-order valence-electron chi connectivity index (χ0n) is 11.1. The van der Waals surface area contributed by atoms with Gasteiger partial charge in [-0.05, 0) is 30.7 Å². The normalized spacial score (nSPS) is 10.3. The Morgan fingerprint density at radius 3 is 2.42 bits per heavy atom. The van der Waals surface area contributed by atoms with Crippen LogP contribution in [0.3, 0.4) is 0 Å². The van der Waals surface area contributed by atoms with Gasteiger partial charge < -0.3 is 4.90 Å². The number of hydrogen-bond acceptors (Lipinski definition) is 2. The molecule has 3 heteroatoms. The molecular weight excluding hydrogens is 258 g/mol. The van der Waals surface area contributed by atoms with E-state index in [1.54, 1.807) is 13.0 Å². The zero-order chi connectivity index (χ0) is 13.8. The van der Waals surface area contributed by atoms with Crippen molar-refractivity contribution >= 4 is 23.1 Å². The van der Waals surface area contributed by atoms with Crippen LogP contribution >= 0.6 is 11.6 Å². The van der Waals surface area contributed by atoms with Crippen LogP contribution < -0.4 is 4.90 Å². The molecule has 0 fully saturated rings. The molecule has 2 aromatic carbocycles. The molecule has 0 saturated heterocycles. The highest BCUT2D eigenvalue weighted by molar-refractivity contribution is 6.33. The molecule has 0 aliphatic heterocycles. The number of nitrogens with zero attached hydrogens (tertiary/aromatic N) is 1. The van der Waals surface area contributed by atoms with Crippen LogP contribution in [0.25, 0.3) is 0 Å². The van der Waals surface area contributed by atoms with Gasteiger partial charge in [-0.25, -0.2) is 0 Å². The summed E-state index contributed by atoms with van der Waals surface area (Å²) < 4.78 is 0. The van der Waals surface area contributed by atoms with E-state index in [2.05, 4.69) is 17.0 Å². The van der Waals surface area contributed by atoms with E-state index in [4.69, 9.17) is 11.6 Å². The molecule has 2 rings (SSSR count). The quantitative estimate of drug-likeness (QED) is 0.779. The van der Waals surface area contributed by atoms with Crippen LogP contribution in [0, 0.1) is 0 Å². The molecule has 98 valence electrons. The Hall–Kier alpha value is -1.80. The van der Waals surface area contributed by atoms with E-state index in [-0.39, 0.29) is 5.78 Å². The molecule has 0 radical (unpaired) electrons. The van der Waals surface area contributed by atoms with Gasteiger partial charge in [-0.15, -0.1) is 0 Å². The van der Waals surface area contributed by atoms with Gasteiger partial charge in [0.2, 0.25) is 0 Å². The number of anilines is 1. The number of carbonyl (C=O) groups is 1. The van der Waals surface area contributed by atoms with Gasteiger partial charge in [0.05, 0.1) is 10.7 Å². The Bertz CT molecular complexity index is 581. The highest BCUT2D eigenvalue weighted by Gasteiger charge is 2.09. The van der Waals surface area contributed by atoms with Crippen LogP contribution in [0.5, 0.6) is 0 Å². The fourth-order valence-electron chi connectivity index (χ4n) is 1.98. The van der Waals surface area contributed by atoms with Crippen LogP contribution in [0.1, 0.15) is 22.8 Å². The Labute approximate surface area is 118 Å². The van der Waals surface area contributed by atoms with Crippen LogP contribution in [0.15, 0.2) is 48.5 Å². The third kappa shape index (κ3) is 3.36. The largest absolute Gasteiger partial charge is 0.369 e. The molecule has 0 amide bonds. The summed E-state index contributed by atoms with van der Waals surface area (Å²) in [5.74, 6) is 0.0270. The lowest BCUT2D eigenvalue weighted by molar-refractivity contribution is 0.101. The predicted molar refractivity (Wildman–Crippen MR) is 80.0 cm³/mol. The van der Waals surface area contributed by atoms with Crippen molar-refractivity contribution in [2.75, 3.05) is 11.9 Å². The molecule has 0 bridgehead atoms. The van der Waals surface area contributed by atoms with Gasteiger partial charge in [-0.3, -0.25) is 4.79 Å². The van der Waals surface area contributed by atoms with E-state index in [1.807, 2.05) is 37.4 Å². The second-order valence-corrected chi connectivity index (χ2v) is 4.97. The van der Waals surface area contributed by atoms with E-state index < -0.39 is 0 Å². The van der Waals surface area contributed by atoms with E-state index in [9.17, 15) is 4.79 Å². The third-order valence-corrected chi connectivity index (χ3v) is 3.33. The van der Waals surface area contributed by atoms with Crippen molar-refractivity contribution in [2.45, 2.75) is 13.5 Å². The summed E-state index contributed by atoms with van der Waals surface area (Å²) >= 11 is 6.24. The fraction of sp³-hybridized carbons (Fsp3) is 0.188. The van der Waals surface area contributed by atoms with Crippen molar-refractivity contribution in [3.05, 3.63) is 64.7 Å². The minimum atomic E-state index is 0.0270. The average molecular weight is 274 g/mol. The van der Waals surface area contributed by atoms with E-state index in [0.29, 0.717) is 10.6 Å². The average Bonchev–Trinajstić information content (AvgIpc) is 2.39. The third-order valence-electron chi connectivity index (χ3n) is 3.03. The first kappa shape index (κ1) is 13.6. The molecule has 0 aliphatic rings. The number of rotatable bonds is 4. The van der Waals surface area contributed by atoms with Gasteiger partial charge in [0.1, 0.15) is 0 Å². The smallest absolute Gasteiger partial charge is 0.159 e. The molecule has 0 spiro atoms. The summed E-state index contributed by atoms with van der Waals surface area (Å²) in [7, 11) is 1.99. The molecule has 0 aliphatic carbocycles. The highest BCUT2D eigenvalue weighted by atomic mass is 35.5. The van der Waals surface area contributed by atoms with Crippen LogP contribution in [-0.4, -0.2) is 12.8 Å². The summed E-state index contributed by atoms with van der Waals surface area (Å²) in [4.78, 5) is 13.4. The standard InChI is InChI=1S/C16H16ClNO/c1-12(19)14-8-9-16(15(17)10-14)18(2)11-13-6-4-3-5-7-13/h3-10H,11H2,1-2H3. The van der Waals surface area contributed by atoms with Crippen LogP contribution in [-0.2, 0) is 6.54 Å². The van der Waals surface area contributed by atoms with Crippen molar-refractivity contribution in [3.63, 3.8) is 0 Å². The number of benzene rings is 2. The predicted octanol–water partition coefficient (Wildman–Crippen LogP) is 4.18. The van der Waals surface area contributed by atoms with Crippen molar-refractivity contribution in [2.24, 2.45) is 0 Å². The van der Waals surface area contributed by atoms with Crippen molar-refractivity contribution in [3.8, 4) is 0 Å². The molecule has 0 saturated carbocycles.